The maximum Gasteiger partial charge on any atom is 0.306 e. The number of aliphatic hydroxyl groups excluding tert-OH is 1. The monoisotopic (exact) mass is 322 g/mol. The van der Waals surface area contributed by atoms with Gasteiger partial charge < -0.3 is 10.4 Å². The lowest BCUT2D eigenvalue weighted by molar-refractivity contribution is -0.385. The van der Waals surface area contributed by atoms with Crippen LogP contribution in [0.4, 0.5) is 10.1 Å². The topological polar surface area (TPSA) is 93.2 Å². The van der Waals surface area contributed by atoms with Crippen LogP contribution in [-0.2, 0) is 12.1 Å². The number of nitro groups is 1. The van der Waals surface area contributed by atoms with E-state index in [0.29, 0.717) is 0 Å². The van der Waals surface area contributed by atoms with Gasteiger partial charge >= 0.3 is 5.69 Å². The van der Waals surface area contributed by atoms with E-state index in [1.165, 1.54) is 23.0 Å². The highest BCUT2D eigenvalue weighted by Crippen LogP contribution is 2.20. The Labute approximate surface area is 132 Å². The number of nitrogens with one attached hydrogen (secondary N) is 1. The van der Waals surface area contributed by atoms with Gasteiger partial charge in [-0.15, -0.1) is 0 Å². The number of aromatic nitrogens is 2. The lowest BCUT2D eigenvalue weighted by Crippen LogP contribution is -2.42. The lowest BCUT2D eigenvalue weighted by atomic mass is 9.94. The van der Waals surface area contributed by atoms with Gasteiger partial charge in [0.05, 0.1) is 17.6 Å². The first-order valence-corrected chi connectivity index (χ1v) is 7.14. The van der Waals surface area contributed by atoms with Crippen LogP contribution in [0.1, 0.15) is 19.4 Å². The van der Waals surface area contributed by atoms with Gasteiger partial charge in [-0.2, -0.15) is 5.10 Å². The van der Waals surface area contributed by atoms with E-state index in [0.717, 1.165) is 11.8 Å². The third kappa shape index (κ3) is 4.57. The number of hydrogen-bond donors (Lipinski definition) is 2. The summed E-state index contributed by atoms with van der Waals surface area (Å²) in [6.07, 6.45) is 1.61. The summed E-state index contributed by atoms with van der Waals surface area (Å²) in [6, 6.07) is 6.25. The zero-order valence-corrected chi connectivity index (χ0v) is 12.9. The first kappa shape index (κ1) is 17.0. The van der Waals surface area contributed by atoms with Crippen molar-refractivity contribution in [2.45, 2.75) is 32.0 Å². The fourth-order valence-corrected chi connectivity index (χ4v) is 2.18. The van der Waals surface area contributed by atoms with Crippen LogP contribution in [0.15, 0.2) is 36.7 Å². The largest absolute Gasteiger partial charge is 0.390 e. The second kappa shape index (κ2) is 6.84. The zero-order chi connectivity index (χ0) is 17.0. The Morgan fingerprint density at radius 3 is 2.87 bits per heavy atom. The molecule has 0 saturated heterocycles. The van der Waals surface area contributed by atoms with Crippen molar-refractivity contribution in [3.8, 4) is 0 Å². The van der Waals surface area contributed by atoms with E-state index in [1.807, 2.05) is 13.8 Å². The van der Waals surface area contributed by atoms with Gasteiger partial charge in [-0.25, -0.2) is 4.39 Å². The fourth-order valence-electron chi connectivity index (χ4n) is 2.18. The molecule has 2 aromatic rings. The molecule has 0 bridgehead atoms. The molecule has 0 fully saturated rings. The van der Waals surface area contributed by atoms with E-state index in [2.05, 4.69) is 10.4 Å². The van der Waals surface area contributed by atoms with Gasteiger partial charge in [0.15, 0.2) is 0 Å². The summed E-state index contributed by atoms with van der Waals surface area (Å²) in [4.78, 5) is 10.0. The quantitative estimate of drug-likeness (QED) is 0.599. The minimum atomic E-state index is -0.790. The Morgan fingerprint density at radius 2 is 2.26 bits per heavy atom. The SMILES string of the molecule is CC(C)(NCC(O)Cn1cc([N+](=O)[O-])cn1)c1cccc(F)c1. The van der Waals surface area contributed by atoms with Crippen LogP contribution < -0.4 is 5.32 Å². The fraction of sp³-hybridized carbons (Fsp3) is 0.400. The van der Waals surface area contributed by atoms with E-state index in [-0.39, 0.29) is 24.6 Å². The van der Waals surface area contributed by atoms with Crippen molar-refractivity contribution < 1.29 is 14.4 Å². The Bertz CT molecular complexity index is 687. The van der Waals surface area contributed by atoms with Crippen molar-refractivity contribution in [1.29, 1.82) is 0 Å². The molecule has 1 aromatic carbocycles. The van der Waals surface area contributed by atoms with E-state index in [9.17, 15) is 19.6 Å². The first-order valence-electron chi connectivity index (χ1n) is 7.14. The van der Waals surface area contributed by atoms with E-state index < -0.39 is 16.6 Å². The molecule has 0 saturated carbocycles. The van der Waals surface area contributed by atoms with Crippen molar-refractivity contribution in [2.24, 2.45) is 0 Å². The minimum absolute atomic E-state index is 0.120. The highest BCUT2D eigenvalue weighted by molar-refractivity contribution is 5.23. The van der Waals surface area contributed by atoms with Crippen LogP contribution in [0.25, 0.3) is 0 Å². The van der Waals surface area contributed by atoms with Crippen LogP contribution >= 0.6 is 0 Å². The maximum atomic E-state index is 13.3. The summed E-state index contributed by atoms with van der Waals surface area (Å²) >= 11 is 0. The third-order valence-corrected chi connectivity index (χ3v) is 3.55. The molecule has 0 aliphatic carbocycles. The number of halogens is 1. The molecule has 2 rings (SSSR count). The number of benzene rings is 1. The summed E-state index contributed by atoms with van der Waals surface area (Å²) in [7, 11) is 0. The molecule has 8 heteroatoms. The Hall–Kier alpha value is -2.32. The van der Waals surface area contributed by atoms with Gasteiger partial charge in [0.1, 0.15) is 18.2 Å². The smallest absolute Gasteiger partial charge is 0.306 e. The summed E-state index contributed by atoms with van der Waals surface area (Å²) < 4.78 is 14.6. The standard InChI is InChI=1S/C15H19FN4O3/c1-15(2,11-4-3-5-12(16)6-11)17-8-14(21)10-19-9-13(7-18-19)20(22)23/h3-7,9,14,17,21H,8,10H2,1-2H3. The molecule has 0 spiro atoms. The van der Waals surface area contributed by atoms with Crippen LogP contribution in [0, 0.1) is 15.9 Å². The zero-order valence-electron chi connectivity index (χ0n) is 12.9. The normalized spacial score (nSPS) is 13.0. The number of nitrogens with zero attached hydrogens (tertiary/aromatic N) is 3. The van der Waals surface area contributed by atoms with E-state index in [1.54, 1.807) is 12.1 Å². The van der Waals surface area contributed by atoms with Gasteiger partial charge in [-0.1, -0.05) is 12.1 Å². The van der Waals surface area contributed by atoms with Gasteiger partial charge in [0, 0.05) is 12.1 Å². The molecule has 1 heterocycles. The molecule has 2 N–H and O–H groups in total. The Kier molecular flexibility index (Phi) is 5.07. The minimum Gasteiger partial charge on any atom is -0.390 e. The highest BCUT2D eigenvalue weighted by Gasteiger charge is 2.22. The first-order chi connectivity index (χ1) is 10.8. The van der Waals surface area contributed by atoms with E-state index in [4.69, 9.17) is 0 Å². The average Bonchev–Trinajstić information content (AvgIpc) is 2.94. The summed E-state index contributed by atoms with van der Waals surface area (Å²) in [5.41, 5.74) is 0.115. The summed E-state index contributed by atoms with van der Waals surface area (Å²) in [5.74, 6) is -0.318. The van der Waals surface area contributed by atoms with Gasteiger partial charge in [0.2, 0.25) is 0 Å². The van der Waals surface area contributed by atoms with Crippen LogP contribution in [0.5, 0.6) is 0 Å². The molecule has 0 radical (unpaired) electrons. The van der Waals surface area contributed by atoms with Gasteiger partial charge in [0.25, 0.3) is 0 Å². The summed E-state index contributed by atoms with van der Waals surface area (Å²) in [6.45, 7) is 4.12. The second-order valence-corrected chi connectivity index (χ2v) is 5.85. The number of rotatable bonds is 7. The van der Waals surface area contributed by atoms with Crippen LogP contribution in [0.2, 0.25) is 0 Å². The van der Waals surface area contributed by atoms with Gasteiger partial charge in [-0.05, 0) is 31.5 Å². The highest BCUT2D eigenvalue weighted by atomic mass is 19.1. The molecule has 23 heavy (non-hydrogen) atoms. The number of hydrogen-bond acceptors (Lipinski definition) is 5. The maximum absolute atomic E-state index is 13.3. The van der Waals surface area contributed by atoms with Crippen molar-refractivity contribution in [3.05, 3.63) is 58.2 Å². The summed E-state index contributed by atoms with van der Waals surface area (Å²) in [5, 5.41) is 27.6. The molecular formula is C15H19FN4O3. The van der Waals surface area contributed by atoms with Crippen molar-refractivity contribution in [2.75, 3.05) is 6.54 Å². The molecular weight excluding hydrogens is 303 g/mol. The molecule has 0 aliphatic heterocycles. The number of aliphatic hydroxyl groups is 1. The molecule has 0 aliphatic rings. The van der Waals surface area contributed by atoms with Crippen LogP contribution in [-0.4, -0.2) is 32.5 Å². The molecule has 1 atom stereocenters. The molecule has 1 unspecified atom stereocenters. The molecule has 1 aromatic heterocycles. The Balaban J connectivity index is 1.92. The predicted octanol–water partition coefficient (Wildman–Crippen LogP) is 1.82. The molecule has 124 valence electrons. The van der Waals surface area contributed by atoms with Crippen LogP contribution in [0.3, 0.4) is 0 Å². The van der Waals surface area contributed by atoms with Gasteiger partial charge in [-0.3, -0.25) is 14.8 Å². The predicted molar refractivity (Wildman–Crippen MR) is 82.3 cm³/mol. The van der Waals surface area contributed by atoms with Crippen molar-refractivity contribution in [3.63, 3.8) is 0 Å². The second-order valence-electron chi connectivity index (χ2n) is 5.85. The van der Waals surface area contributed by atoms with Crippen molar-refractivity contribution in [1.82, 2.24) is 15.1 Å². The van der Waals surface area contributed by atoms with E-state index >= 15 is 0 Å². The molecule has 0 amide bonds. The third-order valence-electron chi connectivity index (χ3n) is 3.55. The molecule has 7 nitrogen and oxygen atoms in total. The Morgan fingerprint density at radius 1 is 1.52 bits per heavy atom. The van der Waals surface area contributed by atoms with Crippen molar-refractivity contribution >= 4 is 5.69 Å². The average molecular weight is 322 g/mol. The lowest BCUT2D eigenvalue weighted by Gasteiger charge is -2.28.